The van der Waals surface area contributed by atoms with Gasteiger partial charge < -0.3 is 9.72 Å². The average Bonchev–Trinajstić information content (AvgIpc) is 2.61. The second-order valence-corrected chi connectivity index (χ2v) is 3.27. The van der Waals surface area contributed by atoms with Gasteiger partial charge in [0.2, 0.25) is 0 Å². The highest BCUT2D eigenvalue weighted by molar-refractivity contribution is 5.73. The van der Waals surface area contributed by atoms with Gasteiger partial charge in [-0.05, 0) is 6.92 Å². The molecular formula is C9H10N4O3. The van der Waals surface area contributed by atoms with Crippen LogP contribution in [0.5, 0.6) is 0 Å². The van der Waals surface area contributed by atoms with E-state index in [-0.39, 0.29) is 5.56 Å². The maximum atomic E-state index is 11.4. The van der Waals surface area contributed by atoms with E-state index in [0.29, 0.717) is 11.0 Å². The molecule has 1 unspecified atom stereocenters. The van der Waals surface area contributed by atoms with Crippen molar-refractivity contribution >= 4 is 17.0 Å². The zero-order chi connectivity index (χ0) is 11.7. The number of nitrogens with one attached hydrogen (secondary N) is 1. The molecule has 2 aromatic rings. The summed E-state index contributed by atoms with van der Waals surface area (Å²) in [5.41, 5.74) is 0.115. The number of hydrogen-bond donors (Lipinski definition) is 1. The van der Waals surface area contributed by atoms with Crippen LogP contribution < -0.4 is 5.56 Å². The number of hydrogen-bond acceptors (Lipinski definition) is 5. The summed E-state index contributed by atoms with van der Waals surface area (Å²) in [4.78, 5) is 28.6. The summed E-state index contributed by atoms with van der Waals surface area (Å²) in [6.07, 6.45) is 2.08. The summed E-state index contributed by atoms with van der Waals surface area (Å²) < 4.78 is 6.33. The van der Waals surface area contributed by atoms with E-state index in [1.165, 1.54) is 24.1 Å². The lowest BCUT2D eigenvalue weighted by Crippen LogP contribution is -2.15. The number of carbonyl (C=O) groups is 1. The van der Waals surface area contributed by atoms with Crippen molar-refractivity contribution in [2.45, 2.75) is 20.1 Å². The maximum Gasteiger partial charge on any atom is 0.304 e. The SMILES string of the molecule is CC(=O)OC(C)n1ncc2c(=O)[nH]cnc21. The second-order valence-electron chi connectivity index (χ2n) is 3.27. The van der Waals surface area contributed by atoms with E-state index in [4.69, 9.17) is 4.74 Å². The molecule has 1 atom stereocenters. The van der Waals surface area contributed by atoms with E-state index in [9.17, 15) is 9.59 Å². The predicted molar refractivity (Wildman–Crippen MR) is 54.6 cm³/mol. The van der Waals surface area contributed by atoms with Crippen LogP contribution in [0.15, 0.2) is 17.3 Å². The highest BCUT2D eigenvalue weighted by Crippen LogP contribution is 2.12. The highest BCUT2D eigenvalue weighted by Gasteiger charge is 2.14. The van der Waals surface area contributed by atoms with Gasteiger partial charge >= 0.3 is 5.97 Å². The standard InChI is InChI=1S/C9H10N4O3/c1-5(16-6(2)14)13-8-7(3-12-13)9(15)11-4-10-8/h3-5H,1-2H3,(H,10,11,15). The summed E-state index contributed by atoms with van der Waals surface area (Å²) in [5, 5.41) is 4.33. The Balaban J connectivity index is 2.50. The summed E-state index contributed by atoms with van der Waals surface area (Å²) in [7, 11) is 0. The van der Waals surface area contributed by atoms with Crippen molar-refractivity contribution in [1.82, 2.24) is 19.7 Å². The molecule has 0 fully saturated rings. The Kier molecular flexibility index (Phi) is 2.43. The molecule has 0 saturated heterocycles. The van der Waals surface area contributed by atoms with Crippen molar-refractivity contribution in [2.24, 2.45) is 0 Å². The Morgan fingerprint density at radius 2 is 2.38 bits per heavy atom. The molecule has 7 heteroatoms. The summed E-state index contributed by atoms with van der Waals surface area (Å²) in [6, 6.07) is 0. The zero-order valence-corrected chi connectivity index (χ0v) is 8.80. The largest absolute Gasteiger partial charge is 0.440 e. The molecule has 0 radical (unpaired) electrons. The summed E-state index contributed by atoms with van der Waals surface area (Å²) in [6.45, 7) is 2.96. The molecule has 0 amide bonds. The Morgan fingerprint density at radius 3 is 3.06 bits per heavy atom. The van der Waals surface area contributed by atoms with Gasteiger partial charge in [-0.25, -0.2) is 9.67 Å². The van der Waals surface area contributed by atoms with Gasteiger partial charge in [-0.3, -0.25) is 9.59 Å². The highest BCUT2D eigenvalue weighted by atomic mass is 16.6. The van der Waals surface area contributed by atoms with E-state index in [2.05, 4.69) is 15.1 Å². The fourth-order valence-corrected chi connectivity index (χ4v) is 1.43. The molecule has 0 aliphatic carbocycles. The molecule has 0 saturated carbocycles. The number of carbonyl (C=O) groups excluding carboxylic acids is 1. The minimum atomic E-state index is -0.593. The van der Waals surface area contributed by atoms with Gasteiger partial charge in [0.1, 0.15) is 5.39 Å². The van der Waals surface area contributed by atoms with Gasteiger partial charge in [0.25, 0.3) is 5.56 Å². The third kappa shape index (κ3) is 1.67. The van der Waals surface area contributed by atoms with E-state index < -0.39 is 12.2 Å². The molecule has 0 aliphatic heterocycles. The van der Waals surface area contributed by atoms with Crippen LogP contribution in [0.3, 0.4) is 0 Å². The van der Waals surface area contributed by atoms with Gasteiger partial charge in [0.15, 0.2) is 11.9 Å². The van der Waals surface area contributed by atoms with E-state index in [1.54, 1.807) is 6.92 Å². The van der Waals surface area contributed by atoms with E-state index in [0.717, 1.165) is 0 Å². The van der Waals surface area contributed by atoms with Crippen LogP contribution in [0, 0.1) is 0 Å². The first-order chi connectivity index (χ1) is 7.59. The number of aromatic nitrogens is 4. The molecule has 2 aromatic heterocycles. The van der Waals surface area contributed by atoms with Crippen LogP contribution in [0.2, 0.25) is 0 Å². The van der Waals surface area contributed by atoms with E-state index in [1.807, 2.05) is 0 Å². The van der Waals surface area contributed by atoms with Crippen LogP contribution in [0.1, 0.15) is 20.1 Å². The Labute approximate surface area is 90.1 Å². The molecule has 2 heterocycles. The van der Waals surface area contributed by atoms with Crippen molar-refractivity contribution < 1.29 is 9.53 Å². The molecular weight excluding hydrogens is 212 g/mol. The lowest BCUT2D eigenvalue weighted by atomic mass is 10.4. The van der Waals surface area contributed by atoms with E-state index >= 15 is 0 Å². The molecule has 0 spiro atoms. The number of nitrogens with zero attached hydrogens (tertiary/aromatic N) is 3. The first-order valence-corrected chi connectivity index (χ1v) is 4.67. The molecule has 2 rings (SSSR count). The number of ether oxygens (including phenoxy) is 1. The number of esters is 1. The third-order valence-electron chi connectivity index (χ3n) is 2.08. The van der Waals surface area contributed by atoms with Crippen molar-refractivity contribution in [1.29, 1.82) is 0 Å². The zero-order valence-electron chi connectivity index (χ0n) is 8.80. The predicted octanol–water partition coefficient (Wildman–Crippen LogP) is 0.201. The molecule has 0 bridgehead atoms. The molecule has 0 aliphatic rings. The summed E-state index contributed by atoms with van der Waals surface area (Å²) in [5.74, 6) is -0.416. The molecule has 16 heavy (non-hydrogen) atoms. The minimum absolute atomic E-state index is 0.272. The second kappa shape index (κ2) is 3.76. The lowest BCUT2D eigenvalue weighted by molar-refractivity contribution is -0.150. The lowest BCUT2D eigenvalue weighted by Gasteiger charge is -2.12. The van der Waals surface area contributed by atoms with Crippen molar-refractivity contribution in [3.8, 4) is 0 Å². The number of fused-ring (bicyclic) bond motifs is 1. The van der Waals surface area contributed by atoms with Crippen LogP contribution in [-0.4, -0.2) is 25.7 Å². The molecule has 0 aromatic carbocycles. The minimum Gasteiger partial charge on any atom is -0.440 e. The van der Waals surface area contributed by atoms with Gasteiger partial charge in [0, 0.05) is 6.92 Å². The van der Waals surface area contributed by atoms with Crippen molar-refractivity contribution in [3.63, 3.8) is 0 Å². The van der Waals surface area contributed by atoms with Crippen LogP contribution >= 0.6 is 0 Å². The molecule has 1 N–H and O–H groups in total. The number of aromatic amines is 1. The van der Waals surface area contributed by atoms with Gasteiger partial charge in [-0.2, -0.15) is 5.10 Å². The van der Waals surface area contributed by atoms with Gasteiger partial charge in [-0.15, -0.1) is 0 Å². The molecule has 7 nitrogen and oxygen atoms in total. The van der Waals surface area contributed by atoms with Crippen molar-refractivity contribution in [2.75, 3.05) is 0 Å². The van der Waals surface area contributed by atoms with Crippen LogP contribution in [0.25, 0.3) is 11.0 Å². The summed E-state index contributed by atoms with van der Waals surface area (Å²) >= 11 is 0. The Hall–Kier alpha value is -2.18. The van der Waals surface area contributed by atoms with Gasteiger partial charge in [0.05, 0.1) is 12.5 Å². The third-order valence-corrected chi connectivity index (χ3v) is 2.08. The fourth-order valence-electron chi connectivity index (χ4n) is 1.43. The first kappa shape index (κ1) is 10.3. The Bertz CT molecular complexity index is 586. The Morgan fingerprint density at radius 1 is 1.62 bits per heavy atom. The quantitative estimate of drug-likeness (QED) is 0.733. The van der Waals surface area contributed by atoms with Crippen LogP contribution in [0.4, 0.5) is 0 Å². The van der Waals surface area contributed by atoms with Crippen molar-refractivity contribution in [3.05, 3.63) is 22.9 Å². The average molecular weight is 222 g/mol. The van der Waals surface area contributed by atoms with Crippen LogP contribution in [-0.2, 0) is 9.53 Å². The van der Waals surface area contributed by atoms with Gasteiger partial charge in [-0.1, -0.05) is 0 Å². The topological polar surface area (TPSA) is 89.9 Å². The fraction of sp³-hybridized carbons (Fsp3) is 0.333. The monoisotopic (exact) mass is 222 g/mol. The first-order valence-electron chi connectivity index (χ1n) is 4.67. The maximum absolute atomic E-state index is 11.4. The number of H-pyrrole nitrogens is 1. The number of rotatable bonds is 2. The molecule has 84 valence electrons. The normalized spacial score (nSPS) is 12.6. The smallest absolute Gasteiger partial charge is 0.304 e.